The minimum atomic E-state index is -0.474. The summed E-state index contributed by atoms with van der Waals surface area (Å²) in [5.41, 5.74) is 6.74. The molecule has 0 aliphatic rings. The molecule has 0 saturated heterocycles. The molecule has 0 bridgehead atoms. The number of alkyl halides is 1. The lowest BCUT2D eigenvalue weighted by Gasteiger charge is -2.06. The lowest BCUT2D eigenvalue weighted by Crippen LogP contribution is -2.05. The van der Waals surface area contributed by atoms with E-state index in [9.17, 15) is 4.79 Å². The van der Waals surface area contributed by atoms with E-state index in [1.165, 1.54) is 6.08 Å². The Morgan fingerprint density at radius 2 is 2.33 bits per heavy atom. The Balaban J connectivity index is 2.97. The maximum Gasteiger partial charge on any atom is 0.241 e. The van der Waals surface area contributed by atoms with E-state index in [4.69, 9.17) is 22.1 Å². The van der Waals surface area contributed by atoms with Crippen LogP contribution in [0.25, 0.3) is 6.08 Å². The number of carbonyl (C=O) groups excluding carboxylic acids is 1. The van der Waals surface area contributed by atoms with Crippen LogP contribution in [0.15, 0.2) is 24.3 Å². The van der Waals surface area contributed by atoms with E-state index >= 15 is 0 Å². The van der Waals surface area contributed by atoms with Gasteiger partial charge in [-0.3, -0.25) is 4.79 Å². The van der Waals surface area contributed by atoms with Gasteiger partial charge in [-0.05, 0) is 23.8 Å². The number of halogens is 1. The molecule has 3 nitrogen and oxygen atoms in total. The molecule has 0 heterocycles. The van der Waals surface area contributed by atoms with Crippen molar-refractivity contribution in [3.63, 3.8) is 0 Å². The first-order chi connectivity index (χ1) is 7.17. The van der Waals surface area contributed by atoms with Crippen LogP contribution >= 0.6 is 11.6 Å². The first-order valence-corrected chi connectivity index (χ1v) is 4.91. The van der Waals surface area contributed by atoms with Gasteiger partial charge in [0.15, 0.2) is 0 Å². The molecule has 0 aliphatic carbocycles. The molecule has 0 atom stereocenters. The number of amides is 1. The summed E-state index contributed by atoms with van der Waals surface area (Å²) in [7, 11) is 1.59. The summed E-state index contributed by atoms with van der Waals surface area (Å²) < 4.78 is 5.12. The molecule has 1 aromatic carbocycles. The van der Waals surface area contributed by atoms with E-state index in [0.717, 1.165) is 16.9 Å². The molecule has 80 valence electrons. The molecule has 15 heavy (non-hydrogen) atoms. The molecule has 0 aromatic heterocycles. The number of hydrogen-bond donors (Lipinski definition) is 1. The van der Waals surface area contributed by atoms with Crippen LogP contribution in [0, 0.1) is 0 Å². The molecule has 0 fully saturated rings. The molecule has 0 saturated carbocycles. The average molecular weight is 226 g/mol. The van der Waals surface area contributed by atoms with Crippen LogP contribution < -0.4 is 10.5 Å². The Bertz CT molecular complexity index is 388. The van der Waals surface area contributed by atoms with E-state index in [2.05, 4.69) is 0 Å². The second kappa shape index (κ2) is 5.41. The highest BCUT2D eigenvalue weighted by atomic mass is 35.5. The quantitative estimate of drug-likeness (QED) is 0.629. The number of ether oxygens (including phenoxy) is 1. The van der Waals surface area contributed by atoms with Gasteiger partial charge in [0.2, 0.25) is 5.91 Å². The summed E-state index contributed by atoms with van der Waals surface area (Å²) in [5.74, 6) is 0.626. The second-order valence-electron chi connectivity index (χ2n) is 2.94. The standard InChI is InChI=1S/C11H12ClNO2/c1-15-10-4-2-8(3-5-11(13)14)6-9(10)7-12/h2-6H,7H2,1H3,(H2,13,14). The third-order valence-electron chi connectivity index (χ3n) is 1.89. The predicted molar refractivity (Wildman–Crippen MR) is 60.8 cm³/mol. The maximum atomic E-state index is 10.5. The SMILES string of the molecule is COc1ccc(C=CC(N)=O)cc1CCl. The molecule has 1 rings (SSSR count). The molecule has 4 heteroatoms. The van der Waals surface area contributed by atoms with Crippen molar-refractivity contribution in [1.82, 2.24) is 0 Å². The zero-order chi connectivity index (χ0) is 11.3. The molecular weight excluding hydrogens is 214 g/mol. The van der Waals surface area contributed by atoms with E-state index < -0.39 is 5.91 Å². The number of benzene rings is 1. The fourth-order valence-electron chi connectivity index (χ4n) is 1.18. The van der Waals surface area contributed by atoms with Crippen LogP contribution in [-0.2, 0) is 10.7 Å². The van der Waals surface area contributed by atoms with Crippen LogP contribution in [0.3, 0.4) is 0 Å². The van der Waals surface area contributed by atoms with Crippen LogP contribution in [0.1, 0.15) is 11.1 Å². The van der Waals surface area contributed by atoms with Crippen molar-refractivity contribution in [3.8, 4) is 5.75 Å². The fourth-order valence-corrected chi connectivity index (χ4v) is 1.39. The van der Waals surface area contributed by atoms with Gasteiger partial charge in [-0.1, -0.05) is 6.07 Å². The normalized spacial score (nSPS) is 10.5. The summed E-state index contributed by atoms with van der Waals surface area (Å²) >= 11 is 5.75. The molecule has 2 N–H and O–H groups in total. The molecule has 0 spiro atoms. The number of carbonyl (C=O) groups is 1. The minimum absolute atomic E-state index is 0.363. The summed E-state index contributed by atoms with van der Waals surface area (Å²) in [5, 5.41) is 0. The van der Waals surface area contributed by atoms with E-state index in [1.54, 1.807) is 19.3 Å². The van der Waals surface area contributed by atoms with Gasteiger partial charge in [0, 0.05) is 11.6 Å². The number of methoxy groups -OCH3 is 1. The van der Waals surface area contributed by atoms with Crippen LogP contribution in [0.2, 0.25) is 0 Å². The van der Waals surface area contributed by atoms with E-state index in [0.29, 0.717) is 5.88 Å². The Morgan fingerprint density at radius 3 is 2.87 bits per heavy atom. The Morgan fingerprint density at radius 1 is 1.60 bits per heavy atom. The van der Waals surface area contributed by atoms with Crippen molar-refractivity contribution in [2.24, 2.45) is 5.73 Å². The molecule has 0 radical (unpaired) electrons. The third kappa shape index (κ3) is 3.29. The molecule has 0 aliphatic heterocycles. The molecule has 0 unspecified atom stereocenters. The van der Waals surface area contributed by atoms with Crippen molar-refractivity contribution in [2.45, 2.75) is 5.88 Å². The Hall–Kier alpha value is -1.48. The Labute approximate surface area is 93.5 Å². The van der Waals surface area contributed by atoms with Gasteiger partial charge in [0.25, 0.3) is 0 Å². The van der Waals surface area contributed by atoms with Crippen molar-refractivity contribution in [2.75, 3.05) is 7.11 Å². The summed E-state index contributed by atoms with van der Waals surface area (Å²) in [6.07, 6.45) is 2.94. The van der Waals surface area contributed by atoms with Gasteiger partial charge >= 0.3 is 0 Å². The molecular formula is C11H12ClNO2. The zero-order valence-corrected chi connectivity index (χ0v) is 9.12. The highest BCUT2D eigenvalue weighted by Crippen LogP contribution is 2.22. The van der Waals surface area contributed by atoms with Gasteiger partial charge in [0.05, 0.1) is 13.0 Å². The minimum Gasteiger partial charge on any atom is -0.496 e. The monoisotopic (exact) mass is 225 g/mol. The summed E-state index contributed by atoms with van der Waals surface area (Å²) in [4.78, 5) is 10.5. The molecule has 1 amide bonds. The molecule has 1 aromatic rings. The van der Waals surface area contributed by atoms with Gasteiger partial charge in [0.1, 0.15) is 5.75 Å². The first kappa shape index (κ1) is 11.6. The van der Waals surface area contributed by atoms with Gasteiger partial charge in [-0.2, -0.15) is 0 Å². The fraction of sp³-hybridized carbons (Fsp3) is 0.182. The number of nitrogens with two attached hydrogens (primary N) is 1. The van der Waals surface area contributed by atoms with Gasteiger partial charge < -0.3 is 10.5 Å². The zero-order valence-electron chi connectivity index (χ0n) is 8.37. The first-order valence-electron chi connectivity index (χ1n) is 4.37. The number of hydrogen-bond acceptors (Lipinski definition) is 2. The van der Waals surface area contributed by atoms with Crippen molar-refractivity contribution >= 4 is 23.6 Å². The predicted octanol–water partition coefficient (Wildman–Crippen LogP) is 1.93. The maximum absolute atomic E-state index is 10.5. The van der Waals surface area contributed by atoms with Gasteiger partial charge in [-0.25, -0.2) is 0 Å². The number of rotatable bonds is 4. The average Bonchev–Trinajstić information content (AvgIpc) is 2.25. The highest BCUT2D eigenvalue weighted by molar-refractivity contribution is 6.17. The van der Waals surface area contributed by atoms with Crippen LogP contribution in [-0.4, -0.2) is 13.0 Å². The van der Waals surface area contributed by atoms with E-state index in [-0.39, 0.29) is 0 Å². The lowest BCUT2D eigenvalue weighted by atomic mass is 10.1. The van der Waals surface area contributed by atoms with Crippen LogP contribution in [0.4, 0.5) is 0 Å². The highest BCUT2D eigenvalue weighted by Gasteiger charge is 2.01. The van der Waals surface area contributed by atoms with E-state index in [1.807, 2.05) is 12.1 Å². The number of primary amides is 1. The summed E-state index contributed by atoms with van der Waals surface area (Å²) in [6, 6.07) is 5.48. The lowest BCUT2D eigenvalue weighted by molar-refractivity contribution is -0.113. The largest absolute Gasteiger partial charge is 0.496 e. The second-order valence-corrected chi connectivity index (χ2v) is 3.21. The van der Waals surface area contributed by atoms with Gasteiger partial charge in [-0.15, -0.1) is 11.6 Å². The van der Waals surface area contributed by atoms with Crippen LogP contribution in [0.5, 0.6) is 5.75 Å². The smallest absolute Gasteiger partial charge is 0.241 e. The van der Waals surface area contributed by atoms with Crippen molar-refractivity contribution in [3.05, 3.63) is 35.4 Å². The third-order valence-corrected chi connectivity index (χ3v) is 2.18. The Kier molecular flexibility index (Phi) is 4.18. The van der Waals surface area contributed by atoms with Crippen molar-refractivity contribution < 1.29 is 9.53 Å². The topological polar surface area (TPSA) is 52.3 Å². The van der Waals surface area contributed by atoms with Crippen molar-refractivity contribution in [1.29, 1.82) is 0 Å². The summed E-state index contributed by atoms with van der Waals surface area (Å²) in [6.45, 7) is 0.